The van der Waals surface area contributed by atoms with Crippen molar-refractivity contribution in [2.75, 3.05) is 6.61 Å². The van der Waals surface area contributed by atoms with Crippen LogP contribution in [0.3, 0.4) is 0 Å². The fourth-order valence-electron chi connectivity index (χ4n) is 1.47. The Balaban J connectivity index is 0.00000289. The van der Waals surface area contributed by atoms with Crippen molar-refractivity contribution in [3.05, 3.63) is 29.8 Å². The largest absolute Gasteiger partial charge is 0.296 e. The Morgan fingerprint density at radius 3 is 2.22 bits per heavy atom. The molecule has 0 amide bonds. The van der Waals surface area contributed by atoms with Crippen LogP contribution in [0.4, 0.5) is 0 Å². The van der Waals surface area contributed by atoms with Gasteiger partial charge in [-0.25, -0.2) is 0 Å². The molecule has 1 aromatic carbocycles. The Kier molecular flexibility index (Phi) is 8.53. The summed E-state index contributed by atoms with van der Waals surface area (Å²) in [5.74, 6) is 0. The van der Waals surface area contributed by atoms with Gasteiger partial charge in [0.2, 0.25) is 0 Å². The molecule has 5 heteroatoms. The minimum absolute atomic E-state index is 0. The molecule has 18 heavy (non-hydrogen) atoms. The van der Waals surface area contributed by atoms with Gasteiger partial charge >= 0.3 is 0 Å². The normalized spacial score (nSPS) is 11.0. The summed E-state index contributed by atoms with van der Waals surface area (Å²) in [5, 5.41) is 0. The van der Waals surface area contributed by atoms with Gasteiger partial charge < -0.3 is 0 Å². The monoisotopic (exact) mass is 312 g/mol. The summed E-state index contributed by atoms with van der Waals surface area (Å²) in [6.45, 7) is 4.31. The van der Waals surface area contributed by atoms with Gasteiger partial charge in [-0.15, -0.1) is 0 Å². The third kappa shape index (κ3) is 6.00. The fraction of sp³-hybridized carbons (Fsp3) is 0.538. The molecule has 0 aliphatic carbocycles. The Bertz CT molecular complexity index is 426. The van der Waals surface area contributed by atoms with E-state index >= 15 is 0 Å². The van der Waals surface area contributed by atoms with Gasteiger partial charge in [-0.1, -0.05) is 43.9 Å². The van der Waals surface area contributed by atoms with Crippen LogP contribution in [0.5, 0.6) is 0 Å². The van der Waals surface area contributed by atoms with E-state index in [1.807, 2.05) is 6.92 Å². The molecule has 0 unspecified atom stereocenters. The standard InChI is InChI=1S/C13H20O3S.Fe/c1-3-4-5-6-11-16-17(14,15)13-9-7-12(2)8-10-13;/h7-10H,3-6,11H2,1-2H3;. The van der Waals surface area contributed by atoms with Crippen LogP contribution in [0.25, 0.3) is 0 Å². The third-order valence-corrected chi connectivity index (χ3v) is 3.87. The van der Waals surface area contributed by atoms with E-state index in [2.05, 4.69) is 6.92 Å². The first kappa shape index (κ1) is 17.6. The molecule has 0 aromatic heterocycles. The van der Waals surface area contributed by atoms with Crippen molar-refractivity contribution < 1.29 is 29.7 Å². The average Bonchev–Trinajstić information content (AvgIpc) is 2.29. The summed E-state index contributed by atoms with van der Waals surface area (Å²) >= 11 is 0. The van der Waals surface area contributed by atoms with Crippen LogP contribution in [0.1, 0.15) is 38.2 Å². The fourth-order valence-corrected chi connectivity index (χ4v) is 2.41. The van der Waals surface area contributed by atoms with Crippen LogP contribution >= 0.6 is 0 Å². The van der Waals surface area contributed by atoms with Crippen molar-refractivity contribution in [1.29, 1.82) is 0 Å². The summed E-state index contributed by atoms with van der Waals surface area (Å²) in [5.41, 5.74) is 1.03. The molecule has 104 valence electrons. The number of hydrogen-bond acceptors (Lipinski definition) is 3. The van der Waals surface area contributed by atoms with Crippen molar-refractivity contribution in [2.45, 2.75) is 44.4 Å². The molecule has 0 N–H and O–H groups in total. The maximum absolute atomic E-state index is 11.8. The van der Waals surface area contributed by atoms with Gasteiger partial charge in [0.15, 0.2) is 0 Å². The molecule has 1 aromatic rings. The van der Waals surface area contributed by atoms with Crippen molar-refractivity contribution >= 4 is 10.1 Å². The van der Waals surface area contributed by atoms with E-state index in [-0.39, 0.29) is 28.6 Å². The maximum Gasteiger partial charge on any atom is 0.296 e. The van der Waals surface area contributed by atoms with Crippen LogP contribution < -0.4 is 0 Å². The Labute approximate surface area is 121 Å². The van der Waals surface area contributed by atoms with Gasteiger partial charge in [-0.3, -0.25) is 4.18 Å². The molecule has 0 aliphatic heterocycles. The van der Waals surface area contributed by atoms with E-state index in [0.29, 0.717) is 0 Å². The molecule has 3 nitrogen and oxygen atoms in total. The van der Waals surface area contributed by atoms with E-state index in [9.17, 15) is 8.42 Å². The quantitative estimate of drug-likeness (QED) is 0.441. The van der Waals surface area contributed by atoms with E-state index in [1.54, 1.807) is 24.3 Å². The second-order valence-corrected chi connectivity index (χ2v) is 5.77. The summed E-state index contributed by atoms with van der Waals surface area (Å²) in [6.07, 6.45) is 4.05. The Hall–Kier alpha value is -0.351. The van der Waals surface area contributed by atoms with Gasteiger partial charge in [-0.2, -0.15) is 8.42 Å². The predicted molar refractivity (Wildman–Crippen MR) is 68.5 cm³/mol. The zero-order valence-corrected chi connectivity index (χ0v) is 12.8. The molecule has 0 heterocycles. The molecule has 0 atom stereocenters. The zero-order chi connectivity index (χ0) is 12.7. The van der Waals surface area contributed by atoms with Crippen LogP contribution in [0, 0.1) is 6.92 Å². The topological polar surface area (TPSA) is 43.4 Å². The molecule has 0 radical (unpaired) electrons. The maximum atomic E-state index is 11.8. The molecule has 0 saturated carbocycles. The van der Waals surface area contributed by atoms with E-state index in [0.717, 1.165) is 31.2 Å². The van der Waals surface area contributed by atoms with E-state index < -0.39 is 10.1 Å². The van der Waals surface area contributed by atoms with Crippen molar-refractivity contribution in [1.82, 2.24) is 0 Å². The first-order chi connectivity index (χ1) is 8.06. The molecule has 0 fully saturated rings. The Morgan fingerprint density at radius 2 is 1.67 bits per heavy atom. The summed E-state index contributed by atoms with van der Waals surface area (Å²) in [7, 11) is -3.56. The van der Waals surface area contributed by atoms with Gasteiger partial charge in [0.1, 0.15) is 0 Å². The van der Waals surface area contributed by atoms with Crippen molar-refractivity contribution in [3.63, 3.8) is 0 Å². The third-order valence-electron chi connectivity index (χ3n) is 2.55. The van der Waals surface area contributed by atoms with Gasteiger partial charge in [0.05, 0.1) is 11.5 Å². The van der Waals surface area contributed by atoms with Crippen LogP contribution in [0.2, 0.25) is 0 Å². The number of rotatable bonds is 7. The SMILES string of the molecule is CCCCCCOS(=O)(=O)c1ccc(C)cc1.[Fe]. The second-order valence-electron chi connectivity index (χ2n) is 4.15. The molecular formula is C13H20FeO3S. The van der Waals surface area contributed by atoms with Gasteiger partial charge in [0.25, 0.3) is 10.1 Å². The number of unbranched alkanes of at least 4 members (excludes halogenated alkanes) is 3. The number of benzene rings is 1. The van der Waals surface area contributed by atoms with Crippen LogP contribution in [0.15, 0.2) is 29.2 Å². The van der Waals surface area contributed by atoms with Gasteiger partial charge in [0, 0.05) is 17.1 Å². The van der Waals surface area contributed by atoms with Crippen LogP contribution in [-0.4, -0.2) is 15.0 Å². The van der Waals surface area contributed by atoms with Crippen molar-refractivity contribution in [2.24, 2.45) is 0 Å². The first-order valence-electron chi connectivity index (χ1n) is 6.02. The summed E-state index contributed by atoms with van der Waals surface area (Å²) in [6, 6.07) is 6.70. The Morgan fingerprint density at radius 1 is 1.06 bits per heavy atom. The first-order valence-corrected chi connectivity index (χ1v) is 7.43. The predicted octanol–water partition coefficient (Wildman–Crippen LogP) is 3.28. The van der Waals surface area contributed by atoms with Crippen molar-refractivity contribution in [3.8, 4) is 0 Å². The molecule has 0 aliphatic rings. The van der Waals surface area contributed by atoms with E-state index in [1.165, 1.54) is 0 Å². The minimum atomic E-state index is -3.56. The molecule has 0 saturated heterocycles. The summed E-state index contributed by atoms with van der Waals surface area (Å²) in [4.78, 5) is 0.235. The average molecular weight is 312 g/mol. The van der Waals surface area contributed by atoms with Gasteiger partial charge in [-0.05, 0) is 25.5 Å². The smallest absolute Gasteiger partial charge is 0.266 e. The zero-order valence-electron chi connectivity index (χ0n) is 10.8. The number of aryl methyl sites for hydroxylation is 1. The molecule has 0 spiro atoms. The molecule has 0 bridgehead atoms. The molecular weight excluding hydrogens is 292 g/mol. The number of hydrogen-bond donors (Lipinski definition) is 0. The minimum Gasteiger partial charge on any atom is -0.266 e. The second kappa shape index (κ2) is 8.70. The summed E-state index contributed by atoms with van der Waals surface area (Å²) < 4.78 is 28.5. The molecule has 1 rings (SSSR count). The van der Waals surface area contributed by atoms with E-state index in [4.69, 9.17) is 4.18 Å². The van der Waals surface area contributed by atoms with Crippen LogP contribution in [-0.2, 0) is 31.4 Å².